The first-order chi connectivity index (χ1) is 19.0. The van der Waals surface area contributed by atoms with Gasteiger partial charge in [0.25, 0.3) is 5.91 Å². The van der Waals surface area contributed by atoms with Crippen molar-refractivity contribution in [3.05, 3.63) is 53.8 Å². The van der Waals surface area contributed by atoms with Crippen molar-refractivity contribution in [1.29, 1.82) is 0 Å². The van der Waals surface area contributed by atoms with Crippen LogP contribution in [0.4, 0.5) is 10.1 Å². The lowest BCUT2D eigenvalue weighted by Gasteiger charge is -2.38. The Hall–Kier alpha value is -3.02. The summed E-state index contributed by atoms with van der Waals surface area (Å²) in [6.07, 6.45) is 4.21. The van der Waals surface area contributed by atoms with Gasteiger partial charge < -0.3 is 20.1 Å². The molecular formula is C29H38FN3O6S. The molecule has 1 saturated carbocycles. The van der Waals surface area contributed by atoms with Crippen LogP contribution in [0.15, 0.2) is 47.4 Å². The number of rotatable bonds is 8. The normalized spacial score (nSPS) is 21.2. The Morgan fingerprint density at radius 3 is 2.50 bits per heavy atom. The van der Waals surface area contributed by atoms with E-state index in [0.717, 1.165) is 48.5 Å². The van der Waals surface area contributed by atoms with Crippen LogP contribution in [0, 0.1) is 17.7 Å². The predicted molar refractivity (Wildman–Crippen MR) is 149 cm³/mol. The number of hydrogen-bond acceptors (Lipinski definition) is 6. The number of aliphatic hydroxyl groups excluding tert-OH is 1. The number of hydrogen-bond donors (Lipinski definition) is 2. The van der Waals surface area contributed by atoms with Crippen molar-refractivity contribution in [1.82, 2.24) is 9.21 Å². The fourth-order valence-corrected chi connectivity index (χ4v) is 6.45. The van der Waals surface area contributed by atoms with E-state index in [9.17, 15) is 27.5 Å². The number of fused-ring (bicyclic) bond motifs is 1. The summed E-state index contributed by atoms with van der Waals surface area (Å²) in [5.74, 6) is -1.05. The molecule has 1 aliphatic carbocycles. The van der Waals surface area contributed by atoms with Gasteiger partial charge in [-0.3, -0.25) is 9.59 Å². The molecule has 2 amide bonds. The first kappa shape index (κ1) is 30.0. The van der Waals surface area contributed by atoms with E-state index in [-0.39, 0.29) is 59.6 Å². The maximum atomic E-state index is 13.7. The lowest BCUT2D eigenvalue weighted by molar-refractivity contribution is -0.120. The van der Waals surface area contributed by atoms with E-state index in [0.29, 0.717) is 5.69 Å². The summed E-state index contributed by atoms with van der Waals surface area (Å²) < 4.78 is 47.2. The van der Waals surface area contributed by atoms with E-state index >= 15 is 0 Å². The standard InChI is InChI=1S/C29H38FN3O6S/c1-19-16-33(20(2)18-34)29(36)25-15-23(31-28(35)21-7-5-4-6-8-21)11-14-26(25)39-27(19)17-32(3)40(37,38)24-12-9-22(30)10-13-24/h9-15,19-21,27,34H,4-8,16-18H2,1-3H3,(H,31,35)/t19-,20-,27+/m0/s1. The fraction of sp³-hybridized carbons (Fsp3) is 0.517. The first-order valence-electron chi connectivity index (χ1n) is 13.8. The number of carbonyl (C=O) groups is 2. The van der Waals surface area contributed by atoms with Crippen LogP contribution in [0.1, 0.15) is 56.3 Å². The smallest absolute Gasteiger partial charge is 0.258 e. The average Bonchev–Trinajstić information content (AvgIpc) is 2.95. The minimum atomic E-state index is -3.93. The second-order valence-corrected chi connectivity index (χ2v) is 12.9. The zero-order valence-electron chi connectivity index (χ0n) is 23.2. The molecule has 1 heterocycles. The second-order valence-electron chi connectivity index (χ2n) is 10.9. The molecule has 0 spiro atoms. The van der Waals surface area contributed by atoms with Crippen molar-refractivity contribution in [3.63, 3.8) is 0 Å². The van der Waals surface area contributed by atoms with Gasteiger partial charge in [-0.05, 0) is 62.2 Å². The third kappa shape index (κ3) is 6.64. The number of ether oxygens (including phenoxy) is 1. The highest BCUT2D eigenvalue weighted by Crippen LogP contribution is 2.32. The summed E-state index contributed by atoms with van der Waals surface area (Å²) in [7, 11) is -2.51. The Labute approximate surface area is 235 Å². The molecule has 3 atom stereocenters. The van der Waals surface area contributed by atoms with E-state index in [2.05, 4.69) is 5.32 Å². The van der Waals surface area contributed by atoms with E-state index in [1.54, 1.807) is 30.0 Å². The molecule has 4 rings (SSSR count). The maximum absolute atomic E-state index is 13.7. The molecule has 0 saturated heterocycles. The summed E-state index contributed by atoms with van der Waals surface area (Å²) in [4.78, 5) is 28.0. The molecule has 1 aliphatic heterocycles. The van der Waals surface area contributed by atoms with E-state index in [4.69, 9.17) is 4.74 Å². The summed E-state index contributed by atoms with van der Waals surface area (Å²) in [6, 6.07) is 8.99. The molecule has 9 nitrogen and oxygen atoms in total. The van der Waals surface area contributed by atoms with Crippen LogP contribution in [0.25, 0.3) is 0 Å². The molecular weight excluding hydrogens is 537 g/mol. The molecule has 0 aromatic heterocycles. The quantitative estimate of drug-likeness (QED) is 0.494. The molecule has 2 aliphatic rings. The molecule has 218 valence electrons. The number of anilines is 1. The average molecular weight is 576 g/mol. The lowest BCUT2D eigenvalue weighted by Crippen LogP contribution is -2.50. The van der Waals surface area contributed by atoms with Crippen molar-refractivity contribution < 1.29 is 32.2 Å². The second kappa shape index (κ2) is 12.7. The van der Waals surface area contributed by atoms with Gasteiger partial charge in [0.05, 0.1) is 29.7 Å². The highest BCUT2D eigenvalue weighted by atomic mass is 32.2. The van der Waals surface area contributed by atoms with Crippen molar-refractivity contribution >= 4 is 27.5 Å². The van der Waals surface area contributed by atoms with Crippen molar-refractivity contribution in [2.75, 3.05) is 32.1 Å². The van der Waals surface area contributed by atoms with Gasteiger partial charge in [0.1, 0.15) is 17.7 Å². The summed E-state index contributed by atoms with van der Waals surface area (Å²) in [6.45, 7) is 3.53. The van der Waals surface area contributed by atoms with E-state index in [1.807, 2.05) is 6.92 Å². The zero-order chi connectivity index (χ0) is 29.0. The van der Waals surface area contributed by atoms with E-state index in [1.165, 1.54) is 19.2 Å². The number of amides is 2. The van der Waals surface area contributed by atoms with Gasteiger partial charge in [-0.15, -0.1) is 0 Å². The Bertz CT molecular complexity index is 1310. The molecule has 0 unspecified atom stereocenters. The monoisotopic (exact) mass is 575 g/mol. The Balaban J connectivity index is 1.62. The number of likely N-dealkylation sites (N-methyl/N-ethyl adjacent to an activating group) is 1. The number of aliphatic hydroxyl groups is 1. The minimum absolute atomic E-state index is 0.0317. The number of nitrogens with zero attached hydrogens (tertiary/aromatic N) is 2. The van der Waals surface area contributed by atoms with Crippen LogP contribution in [0.3, 0.4) is 0 Å². The zero-order valence-corrected chi connectivity index (χ0v) is 24.0. The summed E-state index contributed by atoms with van der Waals surface area (Å²) >= 11 is 0. The van der Waals surface area contributed by atoms with Gasteiger partial charge in [-0.2, -0.15) is 4.31 Å². The number of sulfonamides is 1. The molecule has 0 bridgehead atoms. The summed E-state index contributed by atoms with van der Waals surface area (Å²) in [5, 5.41) is 12.8. The number of nitrogens with one attached hydrogen (secondary N) is 1. The molecule has 11 heteroatoms. The molecule has 0 radical (unpaired) electrons. The van der Waals surface area contributed by atoms with E-state index < -0.39 is 28.0 Å². The Morgan fingerprint density at radius 2 is 1.85 bits per heavy atom. The van der Waals surface area contributed by atoms with Crippen molar-refractivity contribution in [2.45, 2.75) is 63.0 Å². The minimum Gasteiger partial charge on any atom is -0.488 e. The lowest BCUT2D eigenvalue weighted by atomic mass is 9.88. The van der Waals surface area contributed by atoms with Gasteiger partial charge >= 0.3 is 0 Å². The van der Waals surface area contributed by atoms with Gasteiger partial charge in [0.2, 0.25) is 15.9 Å². The maximum Gasteiger partial charge on any atom is 0.258 e. The van der Waals surface area contributed by atoms with Crippen molar-refractivity contribution in [2.24, 2.45) is 11.8 Å². The third-order valence-electron chi connectivity index (χ3n) is 7.87. The molecule has 2 N–H and O–H groups in total. The van der Waals surface area contributed by atoms with Crippen molar-refractivity contribution in [3.8, 4) is 5.75 Å². The molecule has 1 fully saturated rings. The topological polar surface area (TPSA) is 116 Å². The Morgan fingerprint density at radius 1 is 1.18 bits per heavy atom. The van der Waals surface area contributed by atoms with Gasteiger partial charge in [-0.25, -0.2) is 12.8 Å². The Kier molecular flexibility index (Phi) is 9.48. The first-order valence-corrected chi connectivity index (χ1v) is 15.2. The van der Waals surface area contributed by atoms with Crippen LogP contribution in [-0.4, -0.2) is 73.4 Å². The predicted octanol–water partition coefficient (Wildman–Crippen LogP) is 3.89. The van der Waals surface area contributed by atoms with Gasteiger partial charge in [0.15, 0.2) is 0 Å². The van der Waals surface area contributed by atoms with Crippen LogP contribution >= 0.6 is 0 Å². The molecule has 40 heavy (non-hydrogen) atoms. The number of carbonyl (C=O) groups excluding carboxylic acids is 2. The van der Waals surface area contributed by atoms with Crippen LogP contribution in [0.5, 0.6) is 5.75 Å². The largest absolute Gasteiger partial charge is 0.488 e. The van der Waals surface area contributed by atoms with Crippen LogP contribution in [-0.2, 0) is 14.8 Å². The SMILES string of the molecule is C[C@H]1CN([C@@H](C)CO)C(=O)c2cc(NC(=O)C3CCCCC3)ccc2O[C@@H]1CN(C)S(=O)(=O)c1ccc(F)cc1. The van der Waals surface area contributed by atoms with Crippen LogP contribution in [0.2, 0.25) is 0 Å². The highest BCUT2D eigenvalue weighted by Gasteiger charge is 2.35. The highest BCUT2D eigenvalue weighted by molar-refractivity contribution is 7.89. The molecule has 2 aromatic rings. The number of halogens is 1. The molecule has 2 aromatic carbocycles. The van der Waals surface area contributed by atoms with Gasteiger partial charge in [-0.1, -0.05) is 26.2 Å². The fourth-order valence-electron chi connectivity index (χ4n) is 5.27. The van der Waals surface area contributed by atoms with Gasteiger partial charge in [0, 0.05) is 31.1 Å². The summed E-state index contributed by atoms with van der Waals surface area (Å²) in [5.41, 5.74) is 0.701. The third-order valence-corrected chi connectivity index (χ3v) is 9.70. The van der Waals surface area contributed by atoms with Crippen LogP contribution < -0.4 is 10.1 Å². The number of benzene rings is 2.